The highest BCUT2D eigenvalue weighted by molar-refractivity contribution is 5.88. The molecule has 0 aliphatic carbocycles. The first-order valence-corrected chi connectivity index (χ1v) is 9.03. The number of furan rings is 1. The molecule has 3 rings (SSSR count). The molecular formula is C21H27NO3. The van der Waals surface area contributed by atoms with E-state index in [2.05, 4.69) is 49.1 Å². The molecule has 0 radical (unpaired) electrons. The summed E-state index contributed by atoms with van der Waals surface area (Å²) in [5.41, 5.74) is 1.92. The summed E-state index contributed by atoms with van der Waals surface area (Å²) in [6.07, 6.45) is 1.71. The minimum Gasteiger partial charge on any atom is -0.478 e. The lowest BCUT2D eigenvalue weighted by molar-refractivity contribution is 0.0694. The maximum Gasteiger partial charge on any atom is 0.339 e. The molecule has 1 saturated heterocycles. The van der Waals surface area contributed by atoms with Crippen LogP contribution in [-0.4, -0.2) is 29.1 Å². The number of carbonyl (C=O) groups is 1. The summed E-state index contributed by atoms with van der Waals surface area (Å²) in [6.45, 7) is 9.23. The van der Waals surface area contributed by atoms with Crippen molar-refractivity contribution in [2.75, 3.05) is 13.1 Å². The monoisotopic (exact) mass is 341 g/mol. The van der Waals surface area contributed by atoms with Gasteiger partial charge in [0.05, 0.1) is 6.54 Å². The molecule has 1 atom stereocenters. The van der Waals surface area contributed by atoms with Gasteiger partial charge in [-0.15, -0.1) is 0 Å². The molecule has 1 aliphatic rings. The summed E-state index contributed by atoms with van der Waals surface area (Å²) in [5.74, 6) is 0.871. The summed E-state index contributed by atoms with van der Waals surface area (Å²) in [7, 11) is 0. The number of piperidine rings is 1. The predicted octanol–water partition coefficient (Wildman–Crippen LogP) is 4.56. The molecule has 4 nitrogen and oxygen atoms in total. The first-order valence-electron chi connectivity index (χ1n) is 9.03. The number of hydrogen-bond acceptors (Lipinski definition) is 3. The average molecular weight is 341 g/mol. The molecule has 0 saturated carbocycles. The first kappa shape index (κ1) is 17.7. The van der Waals surface area contributed by atoms with Crippen molar-refractivity contribution in [2.24, 2.45) is 5.41 Å². The minimum atomic E-state index is -0.909. The fraction of sp³-hybridized carbons (Fsp3) is 0.476. The number of hydrogen-bond donors (Lipinski definition) is 1. The Morgan fingerprint density at radius 3 is 2.64 bits per heavy atom. The topological polar surface area (TPSA) is 53.7 Å². The standard InChI is InChI=1S/C21H27NO3/c1-4-19-17(20(23)24)12-16(25-19)13-22-11-10-21(2,3)18(14-22)15-8-6-5-7-9-15/h5-9,12,18H,4,10-11,13-14H2,1-3H3,(H,23,24). The van der Waals surface area contributed by atoms with E-state index in [-0.39, 0.29) is 5.41 Å². The minimum absolute atomic E-state index is 0.252. The Kier molecular flexibility index (Phi) is 5.00. The zero-order valence-electron chi connectivity index (χ0n) is 15.3. The van der Waals surface area contributed by atoms with E-state index in [9.17, 15) is 9.90 Å². The van der Waals surface area contributed by atoms with Crippen molar-refractivity contribution < 1.29 is 14.3 Å². The zero-order valence-corrected chi connectivity index (χ0v) is 15.3. The van der Waals surface area contributed by atoms with Crippen molar-refractivity contribution >= 4 is 5.97 Å². The van der Waals surface area contributed by atoms with Crippen LogP contribution in [0.5, 0.6) is 0 Å². The molecule has 2 heterocycles. The largest absolute Gasteiger partial charge is 0.478 e. The van der Waals surface area contributed by atoms with Gasteiger partial charge in [-0.1, -0.05) is 51.1 Å². The van der Waals surface area contributed by atoms with Crippen LogP contribution < -0.4 is 0 Å². The third-order valence-corrected chi connectivity index (χ3v) is 5.45. The molecule has 2 aromatic rings. The molecule has 1 aliphatic heterocycles. The van der Waals surface area contributed by atoms with Crippen molar-refractivity contribution in [3.63, 3.8) is 0 Å². The van der Waals surface area contributed by atoms with Crippen LogP contribution in [0.4, 0.5) is 0 Å². The summed E-state index contributed by atoms with van der Waals surface area (Å²) in [6, 6.07) is 12.4. The van der Waals surface area contributed by atoms with Crippen LogP contribution in [0.25, 0.3) is 0 Å². The van der Waals surface area contributed by atoms with Gasteiger partial charge >= 0.3 is 5.97 Å². The van der Waals surface area contributed by atoms with Crippen LogP contribution in [0.3, 0.4) is 0 Å². The Labute approximate surface area is 149 Å². The number of benzene rings is 1. The maximum absolute atomic E-state index is 11.3. The lowest BCUT2D eigenvalue weighted by atomic mass is 9.70. The SMILES string of the molecule is CCc1oc(CN2CCC(C)(C)C(c3ccccc3)C2)cc1C(=O)O. The highest BCUT2D eigenvalue weighted by atomic mass is 16.4. The molecule has 1 aromatic carbocycles. The normalized spacial score (nSPS) is 20.5. The number of carboxylic acid groups (broad SMARTS) is 1. The predicted molar refractivity (Wildman–Crippen MR) is 97.9 cm³/mol. The number of likely N-dealkylation sites (tertiary alicyclic amines) is 1. The Morgan fingerprint density at radius 2 is 2.04 bits per heavy atom. The second-order valence-corrected chi connectivity index (χ2v) is 7.65. The van der Waals surface area contributed by atoms with Crippen molar-refractivity contribution in [1.29, 1.82) is 0 Å². The van der Waals surface area contributed by atoms with Gasteiger partial charge in [0.25, 0.3) is 0 Å². The number of aryl methyl sites for hydroxylation is 1. The van der Waals surface area contributed by atoms with E-state index < -0.39 is 5.97 Å². The molecule has 4 heteroatoms. The third kappa shape index (κ3) is 3.79. The average Bonchev–Trinajstić information content (AvgIpc) is 3.00. The highest BCUT2D eigenvalue weighted by Gasteiger charge is 2.36. The van der Waals surface area contributed by atoms with Crippen molar-refractivity contribution in [1.82, 2.24) is 4.90 Å². The quantitative estimate of drug-likeness (QED) is 0.866. The van der Waals surface area contributed by atoms with Gasteiger partial charge in [-0.05, 0) is 30.0 Å². The molecule has 0 spiro atoms. The van der Waals surface area contributed by atoms with Gasteiger partial charge < -0.3 is 9.52 Å². The number of nitrogens with zero attached hydrogens (tertiary/aromatic N) is 1. The van der Waals surface area contributed by atoms with Gasteiger partial charge in [0.2, 0.25) is 0 Å². The molecule has 0 bridgehead atoms. The summed E-state index contributed by atoms with van der Waals surface area (Å²) < 4.78 is 5.80. The summed E-state index contributed by atoms with van der Waals surface area (Å²) in [4.78, 5) is 13.7. The molecule has 0 amide bonds. The van der Waals surface area contributed by atoms with Crippen LogP contribution in [0.2, 0.25) is 0 Å². The van der Waals surface area contributed by atoms with Gasteiger partial charge in [-0.2, -0.15) is 0 Å². The van der Waals surface area contributed by atoms with E-state index >= 15 is 0 Å². The van der Waals surface area contributed by atoms with Crippen LogP contribution in [0.15, 0.2) is 40.8 Å². The Bertz CT molecular complexity index is 733. The fourth-order valence-electron chi connectivity index (χ4n) is 3.83. The van der Waals surface area contributed by atoms with Gasteiger partial charge in [0.1, 0.15) is 17.1 Å². The molecule has 1 N–H and O–H groups in total. The smallest absolute Gasteiger partial charge is 0.339 e. The third-order valence-electron chi connectivity index (χ3n) is 5.45. The summed E-state index contributed by atoms with van der Waals surface area (Å²) >= 11 is 0. The van der Waals surface area contributed by atoms with Gasteiger partial charge in [-0.3, -0.25) is 4.90 Å². The Balaban J connectivity index is 1.77. The van der Waals surface area contributed by atoms with Crippen LogP contribution in [-0.2, 0) is 13.0 Å². The Hall–Kier alpha value is -2.07. The van der Waals surface area contributed by atoms with E-state index in [1.807, 2.05) is 6.92 Å². The highest BCUT2D eigenvalue weighted by Crippen LogP contribution is 2.42. The van der Waals surface area contributed by atoms with Gasteiger partial charge in [0.15, 0.2) is 0 Å². The van der Waals surface area contributed by atoms with Crippen molar-refractivity contribution in [3.8, 4) is 0 Å². The lowest BCUT2D eigenvalue weighted by Crippen LogP contribution is -2.42. The molecule has 134 valence electrons. The second-order valence-electron chi connectivity index (χ2n) is 7.65. The molecule has 25 heavy (non-hydrogen) atoms. The fourth-order valence-corrected chi connectivity index (χ4v) is 3.83. The van der Waals surface area contributed by atoms with Gasteiger partial charge in [-0.25, -0.2) is 4.79 Å². The van der Waals surface area contributed by atoms with Crippen LogP contribution >= 0.6 is 0 Å². The van der Waals surface area contributed by atoms with E-state index in [0.717, 1.165) is 25.3 Å². The summed E-state index contributed by atoms with van der Waals surface area (Å²) in [5, 5.41) is 9.30. The van der Waals surface area contributed by atoms with E-state index in [0.29, 0.717) is 30.2 Å². The van der Waals surface area contributed by atoms with Crippen LogP contribution in [0.1, 0.15) is 60.6 Å². The van der Waals surface area contributed by atoms with Crippen molar-refractivity contribution in [3.05, 3.63) is 59.0 Å². The van der Waals surface area contributed by atoms with Crippen LogP contribution in [0, 0.1) is 5.41 Å². The molecule has 1 unspecified atom stereocenters. The molecule has 1 fully saturated rings. The van der Waals surface area contributed by atoms with Crippen molar-refractivity contribution in [2.45, 2.75) is 46.1 Å². The zero-order chi connectivity index (χ0) is 18.0. The maximum atomic E-state index is 11.3. The molecule has 1 aromatic heterocycles. The number of aromatic carboxylic acids is 1. The number of rotatable bonds is 5. The lowest BCUT2D eigenvalue weighted by Gasteiger charge is -2.44. The number of carboxylic acids is 1. The molecular weight excluding hydrogens is 314 g/mol. The first-order chi connectivity index (χ1) is 11.9. The second kappa shape index (κ2) is 7.04. The van der Waals surface area contributed by atoms with Gasteiger partial charge in [0, 0.05) is 18.9 Å². The van der Waals surface area contributed by atoms with E-state index in [4.69, 9.17) is 4.42 Å². The van der Waals surface area contributed by atoms with E-state index in [1.165, 1.54) is 5.56 Å². The van der Waals surface area contributed by atoms with E-state index in [1.54, 1.807) is 6.07 Å². The Morgan fingerprint density at radius 1 is 1.32 bits per heavy atom.